The SMILES string of the molecule is CCCCCCCCCCCCCCC(C(=O)O)S(=O)(=O)O.[Na]. The molecule has 0 fully saturated rings. The van der Waals surface area contributed by atoms with Gasteiger partial charge in [0, 0.05) is 29.6 Å². The van der Waals surface area contributed by atoms with Gasteiger partial charge in [-0.1, -0.05) is 84.0 Å². The number of hydrogen-bond acceptors (Lipinski definition) is 3. The van der Waals surface area contributed by atoms with Crippen molar-refractivity contribution in [3.05, 3.63) is 0 Å². The first-order valence-corrected chi connectivity index (χ1v) is 10.1. The molecule has 0 aliphatic heterocycles. The molecule has 0 saturated carbocycles. The van der Waals surface area contributed by atoms with E-state index in [2.05, 4.69) is 6.92 Å². The number of hydrogen-bond donors (Lipinski definition) is 2. The molecule has 0 aromatic carbocycles. The van der Waals surface area contributed by atoms with Crippen molar-refractivity contribution < 1.29 is 22.9 Å². The second kappa shape index (κ2) is 15.9. The standard InChI is InChI=1S/C16H32O5S.Na/c1-2-3-4-5-6-7-8-9-10-11-12-13-14-15(16(17)18)22(19,20)21;/h15H,2-14H2,1H3,(H,17,18)(H,19,20,21);. The summed E-state index contributed by atoms with van der Waals surface area (Å²) < 4.78 is 30.6. The summed E-state index contributed by atoms with van der Waals surface area (Å²) >= 11 is 0. The summed E-state index contributed by atoms with van der Waals surface area (Å²) in [4.78, 5) is 10.7. The van der Waals surface area contributed by atoms with Gasteiger partial charge < -0.3 is 5.11 Å². The molecule has 0 aliphatic rings. The van der Waals surface area contributed by atoms with Crippen molar-refractivity contribution in [1.82, 2.24) is 0 Å². The number of carboxylic acids is 1. The van der Waals surface area contributed by atoms with E-state index in [9.17, 15) is 13.2 Å². The van der Waals surface area contributed by atoms with Crippen molar-refractivity contribution in [3.8, 4) is 0 Å². The van der Waals surface area contributed by atoms with E-state index in [0.717, 1.165) is 19.3 Å². The smallest absolute Gasteiger partial charge is 0.324 e. The van der Waals surface area contributed by atoms with Crippen LogP contribution in [0.25, 0.3) is 0 Å². The van der Waals surface area contributed by atoms with Gasteiger partial charge in [0.2, 0.25) is 0 Å². The summed E-state index contributed by atoms with van der Waals surface area (Å²) in [5.41, 5.74) is 0. The van der Waals surface area contributed by atoms with Gasteiger partial charge in [0.15, 0.2) is 5.25 Å². The minimum Gasteiger partial charge on any atom is -0.480 e. The molecule has 0 aromatic heterocycles. The first-order chi connectivity index (χ1) is 10.4. The average molecular weight is 359 g/mol. The summed E-state index contributed by atoms with van der Waals surface area (Å²) in [5, 5.41) is 7.08. The molecule has 0 rings (SSSR count). The molecule has 5 nitrogen and oxygen atoms in total. The van der Waals surface area contributed by atoms with Crippen LogP contribution >= 0.6 is 0 Å². The topological polar surface area (TPSA) is 91.7 Å². The molecule has 1 unspecified atom stereocenters. The van der Waals surface area contributed by atoms with E-state index >= 15 is 0 Å². The largest absolute Gasteiger partial charge is 0.480 e. The van der Waals surface area contributed by atoms with Gasteiger partial charge in [0.05, 0.1) is 0 Å². The Labute approximate surface area is 163 Å². The Balaban J connectivity index is 0. The van der Waals surface area contributed by atoms with Crippen molar-refractivity contribution in [2.45, 2.75) is 95.6 Å². The maximum Gasteiger partial charge on any atom is 0.324 e. The molecule has 0 saturated heterocycles. The van der Waals surface area contributed by atoms with Crippen molar-refractivity contribution in [3.63, 3.8) is 0 Å². The molecule has 7 heteroatoms. The molecule has 1 radical (unpaired) electrons. The van der Waals surface area contributed by atoms with Crippen LogP contribution in [0, 0.1) is 0 Å². The van der Waals surface area contributed by atoms with Crippen LogP contribution in [0.1, 0.15) is 90.4 Å². The Hall–Kier alpha value is 0.380. The minimum absolute atomic E-state index is 0. The molecule has 0 aromatic rings. The summed E-state index contributed by atoms with van der Waals surface area (Å²) in [7, 11) is -4.48. The van der Waals surface area contributed by atoms with E-state index in [1.54, 1.807) is 0 Å². The van der Waals surface area contributed by atoms with Gasteiger partial charge >= 0.3 is 5.97 Å². The first-order valence-electron chi connectivity index (χ1n) is 8.58. The van der Waals surface area contributed by atoms with Crippen LogP contribution in [0.15, 0.2) is 0 Å². The van der Waals surface area contributed by atoms with Gasteiger partial charge in [-0.15, -0.1) is 0 Å². The monoisotopic (exact) mass is 359 g/mol. The zero-order valence-corrected chi connectivity index (χ0v) is 17.6. The third-order valence-electron chi connectivity index (χ3n) is 3.95. The van der Waals surface area contributed by atoms with E-state index in [4.69, 9.17) is 9.66 Å². The fourth-order valence-corrected chi connectivity index (χ4v) is 3.29. The van der Waals surface area contributed by atoms with E-state index in [-0.39, 0.29) is 36.0 Å². The Morgan fingerprint density at radius 1 is 0.826 bits per heavy atom. The summed E-state index contributed by atoms with van der Waals surface area (Å²) in [6.45, 7) is 2.22. The van der Waals surface area contributed by atoms with Crippen LogP contribution in [0.5, 0.6) is 0 Å². The van der Waals surface area contributed by atoms with Gasteiger partial charge in [-0.25, -0.2) is 0 Å². The van der Waals surface area contributed by atoms with Gasteiger partial charge in [-0.3, -0.25) is 9.35 Å². The molecule has 0 spiro atoms. The molecule has 0 bridgehead atoms. The second-order valence-corrected chi connectivity index (χ2v) is 7.62. The fourth-order valence-electron chi connectivity index (χ4n) is 2.57. The summed E-state index contributed by atoms with van der Waals surface area (Å²) in [5.74, 6) is -1.47. The fraction of sp³-hybridized carbons (Fsp3) is 0.938. The minimum atomic E-state index is -4.48. The van der Waals surface area contributed by atoms with Crippen LogP contribution in [-0.4, -0.2) is 58.9 Å². The van der Waals surface area contributed by atoms with Crippen LogP contribution in [-0.2, 0) is 14.9 Å². The predicted molar refractivity (Wildman–Crippen MR) is 94.4 cm³/mol. The quantitative estimate of drug-likeness (QED) is 0.261. The van der Waals surface area contributed by atoms with Crippen molar-refractivity contribution in [1.29, 1.82) is 0 Å². The van der Waals surface area contributed by atoms with Gasteiger partial charge in [0.1, 0.15) is 0 Å². The summed E-state index contributed by atoms with van der Waals surface area (Å²) in [6.07, 6.45) is 13.8. The Bertz CT molecular complexity index is 384. The number of unbranched alkanes of at least 4 members (excludes halogenated alkanes) is 11. The molecular weight excluding hydrogens is 327 g/mol. The Kier molecular flexibility index (Phi) is 17.7. The zero-order chi connectivity index (χ0) is 16.8. The van der Waals surface area contributed by atoms with Gasteiger partial charge in [-0.05, 0) is 6.42 Å². The van der Waals surface area contributed by atoms with Gasteiger partial charge in [-0.2, -0.15) is 8.42 Å². The maximum absolute atomic E-state index is 10.9. The van der Waals surface area contributed by atoms with Crippen LogP contribution < -0.4 is 0 Å². The third-order valence-corrected chi connectivity index (χ3v) is 5.11. The first kappa shape index (κ1) is 25.6. The molecule has 133 valence electrons. The molecule has 0 amide bonds. The number of rotatable bonds is 15. The van der Waals surface area contributed by atoms with Crippen molar-refractivity contribution in [2.75, 3.05) is 0 Å². The number of carboxylic acid groups (broad SMARTS) is 1. The van der Waals surface area contributed by atoms with Gasteiger partial charge in [0.25, 0.3) is 10.1 Å². The van der Waals surface area contributed by atoms with E-state index < -0.39 is 21.3 Å². The van der Waals surface area contributed by atoms with E-state index in [1.165, 1.54) is 51.4 Å². The second-order valence-electron chi connectivity index (χ2n) is 6.02. The predicted octanol–water partition coefficient (Wildman–Crippen LogP) is 4.04. The van der Waals surface area contributed by atoms with Crippen molar-refractivity contribution >= 4 is 45.6 Å². The van der Waals surface area contributed by atoms with E-state index in [0.29, 0.717) is 6.42 Å². The molecule has 1 atom stereocenters. The molecule has 2 N–H and O–H groups in total. The number of aliphatic carboxylic acids is 1. The summed E-state index contributed by atoms with van der Waals surface area (Å²) in [6, 6.07) is 0. The van der Waals surface area contributed by atoms with Crippen molar-refractivity contribution in [2.24, 2.45) is 0 Å². The molecule has 23 heavy (non-hydrogen) atoms. The Morgan fingerprint density at radius 3 is 1.48 bits per heavy atom. The normalized spacial score (nSPS) is 12.6. The molecule has 0 aliphatic carbocycles. The zero-order valence-electron chi connectivity index (χ0n) is 14.8. The molecular formula is C16H32NaO5S. The van der Waals surface area contributed by atoms with Crippen LogP contribution in [0.2, 0.25) is 0 Å². The van der Waals surface area contributed by atoms with Crippen LogP contribution in [0.4, 0.5) is 0 Å². The number of carbonyl (C=O) groups is 1. The molecule has 0 heterocycles. The third kappa shape index (κ3) is 15.6. The average Bonchev–Trinajstić information content (AvgIpc) is 2.42. The Morgan fingerprint density at radius 2 is 1.17 bits per heavy atom. The van der Waals surface area contributed by atoms with Crippen LogP contribution in [0.3, 0.4) is 0 Å². The maximum atomic E-state index is 10.9. The van der Waals surface area contributed by atoms with E-state index in [1.807, 2.05) is 0 Å².